The van der Waals surface area contributed by atoms with Gasteiger partial charge in [-0.1, -0.05) is 42.3 Å². The second-order valence-electron chi connectivity index (χ2n) is 9.12. The number of benzene rings is 2. The lowest BCUT2D eigenvalue weighted by atomic mass is 9.98. The molecule has 1 aliphatic heterocycles. The van der Waals surface area contributed by atoms with Gasteiger partial charge in [0, 0.05) is 39.6 Å². The van der Waals surface area contributed by atoms with E-state index in [0.29, 0.717) is 41.0 Å². The van der Waals surface area contributed by atoms with E-state index in [9.17, 15) is 9.90 Å². The number of hydrogen-bond acceptors (Lipinski definition) is 5. The average Bonchev–Trinajstić information content (AvgIpc) is 2.77. The van der Waals surface area contributed by atoms with Gasteiger partial charge in [0.05, 0.1) is 33.9 Å². The highest BCUT2D eigenvalue weighted by atomic mass is 35.5. The predicted octanol–water partition coefficient (Wildman–Crippen LogP) is 4.41. The van der Waals surface area contributed by atoms with Gasteiger partial charge in [-0.15, -0.1) is 0 Å². The molecule has 3 rings (SSSR count). The minimum absolute atomic E-state index is 0.0441. The predicted molar refractivity (Wildman–Crippen MR) is 135 cm³/mol. The SMILES string of the molecule is C[C@@H]1CN([C@H](C)CO)C(=O)c2cccc(N(C)C)c2O[C@@H]1CN(C)Cc1ccc(Cl)c(Cl)c1. The fourth-order valence-corrected chi connectivity index (χ4v) is 4.44. The standard InChI is InChI=1S/C25H33Cl2N3O3/c1-16-12-30(17(2)15-31)25(32)19-7-6-8-22(28(3)4)24(19)33-23(16)14-29(5)13-18-9-10-20(26)21(27)11-18/h6-11,16-17,23,31H,12-15H2,1-5H3/t16-,17-,23-/m1/s1. The Morgan fingerprint density at radius 2 is 1.91 bits per heavy atom. The normalized spacial score (nSPS) is 19.5. The average molecular weight is 494 g/mol. The number of para-hydroxylation sites is 1. The minimum atomic E-state index is -0.288. The van der Waals surface area contributed by atoms with E-state index in [0.717, 1.165) is 11.3 Å². The molecule has 0 aromatic heterocycles. The molecule has 1 amide bonds. The summed E-state index contributed by atoms with van der Waals surface area (Å²) >= 11 is 12.2. The van der Waals surface area contributed by atoms with Crippen LogP contribution in [0.25, 0.3) is 0 Å². The molecule has 0 aliphatic carbocycles. The quantitative estimate of drug-likeness (QED) is 0.618. The Bertz CT molecular complexity index is 985. The first-order chi connectivity index (χ1) is 15.6. The van der Waals surface area contributed by atoms with Crippen LogP contribution in [0.1, 0.15) is 29.8 Å². The zero-order chi connectivity index (χ0) is 24.3. The molecular formula is C25H33Cl2N3O3. The van der Waals surface area contributed by atoms with Gasteiger partial charge >= 0.3 is 0 Å². The van der Waals surface area contributed by atoms with Crippen LogP contribution in [0.3, 0.4) is 0 Å². The number of fused-ring (bicyclic) bond motifs is 1. The largest absolute Gasteiger partial charge is 0.486 e. The van der Waals surface area contributed by atoms with Gasteiger partial charge in [0.2, 0.25) is 0 Å². The number of hydrogen-bond donors (Lipinski definition) is 1. The molecule has 0 unspecified atom stereocenters. The van der Waals surface area contributed by atoms with E-state index in [1.54, 1.807) is 17.0 Å². The third-order valence-corrected chi connectivity index (χ3v) is 6.82. The lowest BCUT2D eigenvalue weighted by Gasteiger charge is -2.39. The van der Waals surface area contributed by atoms with Crippen LogP contribution in [-0.4, -0.2) is 73.8 Å². The fourth-order valence-electron chi connectivity index (χ4n) is 4.12. The van der Waals surface area contributed by atoms with Crippen molar-refractivity contribution in [3.05, 3.63) is 57.6 Å². The second kappa shape index (κ2) is 11.0. The monoisotopic (exact) mass is 493 g/mol. The van der Waals surface area contributed by atoms with Crippen molar-refractivity contribution in [3.8, 4) is 5.75 Å². The number of rotatable bonds is 7. The Morgan fingerprint density at radius 1 is 1.18 bits per heavy atom. The van der Waals surface area contributed by atoms with Crippen molar-refractivity contribution in [2.75, 3.05) is 45.7 Å². The summed E-state index contributed by atoms with van der Waals surface area (Å²) in [4.78, 5) is 19.3. The summed E-state index contributed by atoms with van der Waals surface area (Å²) in [5.74, 6) is 0.509. The summed E-state index contributed by atoms with van der Waals surface area (Å²) in [5.41, 5.74) is 2.43. The molecule has 1 N–H and O–H groups in total. The van der Waals surface area contributed by atoms with Crippen LogP contribution < -0.4 is 9.64 Å². The molecule has 0 radical (unpaired) electrons. The third-order valence-electron chi connectivity index (χ3n) is 6.08. The summed E-state index contributed by atoms with van der Waals surface area (Å²) < 4.78 is 6.58. The number of nitrogens with zero attached hydrogens (tertiary/aromatic N) is 3. The molecule has 180 valence electrons. The van der Waals surface area contributed by atoms with E-state index in [4.69, 9.17) is 27.9 Å². The summed E-state index contributed by atoms with van der Waals surface area (Å²) in [6.07, 6.45) is -0.167. The molecule has 0 bridgehead atoms. The molecule has 6 nitrogen and oxygen atoms in total. The van der Waals surface area contributed by atoms with Crippen molar-refractivity contribution in [3.63, 3.8) is 0 Å². The molecule has 2 aromatic carbocycles. The number of aliphatic hydroxyl groups excluding tert-OH is 1. The Labute approximate surface area is 206 Å². The van der Waals surface area contributed by atoms with Gasteiger partial charge in [0.1, 0.15) is 6.10 Å². The van der Waals surface area contributed by atoms with Gasteiger partial charge in [-0.2, -0.15) is 0 Å². The first-order valence-electron chi connectivity index (χ1n) is 11.1. The first-order valence-corrected chi connectivity index (χ1v) is 11.9. The maximum absolute atomic E-state index is 13.4. The highest BCUT2D eigenvalue weighted by Gasteiger charge is 2.34. The first kappa shape index (κ1) is 25.6. The number of ether oxygens (including phenoxy) is 1. The smallest absolute Gasteiger partial charge is 0.258 e. The summed E-state index contributed by atoms with van der Waals surface area (Å²) in [7, 11) is 5.91. The topological polar surface area (TPSA) is 56.3 Å². The second-order valence-corrected chi connectivity index (χ2v) is 9.93. The number of aliphatic hydroxyl groups is 1. The molecule has 1 heterocycles. The maximum atomic E-state index is 13.4. The zero-order valence-corrected chi connectivity index (χ0v) is 21.4. The fraction of sp³-hybridized carbons (Fsp3) is 0.480. The van der Waals surface area contributed by atoms with Gasteiger partial charge in [-0.25, -0.2) is 0 Å². The highest BCUT2D eigenvalue weighted by molar-refractivity contribution is 6.42. The molecule has 8 heteroatoms. The van der Waals surface area contributed by atoms with E-state index in [-0.39, 0.29) is 30.6 Å². The number of carbonyl (C=O) groups is 1. The van der Waals surface area contributed by atoms with Crippen molar-refractivity contribution in [2.24, 2.45) is 5.92 Å². The number of likely N-dealkylation sites (N-methyl/N-ethyl adjacent to an activating group) is 1. The Kier molecular flexibility index (Phi) is 8.51. The zero-order valence-electron chi connectivity index (χ0n) is 19.9. The Balaban J connectivity index is 1.92. The lowest BCUT2D eigenvalue weighted by molar-refractivity contribution is 0.0343. The molecule has 0 saturated heterocycles. The summed E-state index contributed by atoms with van der Waals surface area (Å²) in [6.45, 7) is 5.69. The number of carbonyl (C=O) groups excluding carboxylic acids is 1. The molecule has 0 spiro atoms. The van der Waals surface area contributed by atoms with E-state index < -0.39 is 0 Å². The molecular weight excluding hydrogens is 461 g/mol. The molecule has 3 atom stereocenters. The van der Waals surface area contributed by atoms with Crippen molar-refractivity contribution < 1.29 is 14.6 Å². The number of anilines is 1. The van der Waals surface area contributed by atoms with E-state index >= 15 is 0 Å². The van der Waals surface area contributed by atoms with Gasteiger partial charge in [-0.3, -0.25) is 9.69 Å². The molecule has 2 aromatic rings. The van der Waals surface area contributed by atoms with Gasteiger partial charge in [0.25, 0.3) is 5.91 Å². The highest BCUT2D eigenvalue weighted by Crippen LogP contribution is 2.36. The lowest BCUT2D eigenvalue weighted by Crippen LogP contribution is -2.49. The van der Waals surface area contributed by atoms with E-state index in [2.05, 4.69) is 11.8 Å². The van der Waals surface area contributed by atoms with Crippen molar-refractivity contribution >= 4 is 34.8 Å². The molecule has 0 fully saturated rings. The van der Waals surface area contributed by atoms with Gasteiger partial charge in [-0.05, 0) is 43.8 Å². The minimum Gasteiger partial charge on any atom is -0.486 e. The van der Waals surface area contributed by atoms with Gasteiger partial charge in [0.15, 0.2) is 5.75 Å². The third kappa shape index (κ3) is 5.93. The number of amides is 1. The molecule has 33 heavy (non-hydrogen) atoms. The molecule has 1 aliphatic rings. The Hall–Kier alpha value is -1.99. The maximum Gasteiger partial charge on any atom is 0.258 e. The van der Waals surface area contributed by atoms with Crippen LogP contribution in [0.4, 0.5) is 5.69 Å². The van der Waals surface area contributed by atoms with Crippen LogP contribution in [0.2, 0.25) is 10.0 Å². The summed E-state index contributed by atoms with van der Waals surface area (Å²) in [6, 6.07) is 11.0. The van der Waals surface area contributed by atoms with Crippen molar-refractivity contribution in [1.82, 2.24) is 9.80 Å². The van der Waals surface area contributed by atoms with E-state index in [1.807, 2.05) is 57.2 Å². The Morgan fingerprint density at radius 3 is 2.55 bits per heavy atom. The molecule has 0 saturated carbocycles. The van der Waals surface area contributed by atoms with Crippen molar-refractivity contribution in [2.45, 2.75) is 32.5 Å². The van der Waals surface area contributed by atoms with E-state index in [1.165, 1.54) is 0 Å². The van der Waals surface area contributed by atoms with Crippen LogP contribution in [0.5, 0.6) is 5.75 Å². The van der Waals surface area contributed by atoms with Crippen molar-refractivity contribution in [1.29, 1.82) is 0 Å². The van der Waals surface area contributed by atoms with Crippen LogP contribution in [0, 0.1) is 5.92 Å². The summed E-state index contributed by atoms with van der Waals surface area (Å²) in [5, 5.41) is 10.9. The van der Waals surface area contributed by atoms with Crippen LogP contribution in [-0.2, 0) is 6.54 Å². The van der Waals surface area contributed by atoms with Gasteiger partial charge < -0.3 is 19.6 Å². The van der Waals surface area contributed by atoms with Crippen LogP contribution in [0.15, 0.2) is 36.4 Å². The number of halogens is 2. The van der Waals surface area contributed by atoms with Crippen LogP contribution >= 0.6 is 23.2 Å².